The number of aliphatic carboxylic acids is 1. The molecule has 2 amide bonds. The summed E-state index contributed by atoms with van der Waals surface area (Å²) in [5.74, 6) is -3.37. The van der Waals surface area contributed by atoms with Gasteiger partial charge in [0.15, 0.2) is 0 Å². The maximum absolute atomic E-state index is 12.0. The lowest BCUT2D eigenvalue weighted by atomic mass is 9.95. The van der Waals surface area contributed by atoms with Crippen LogP contribution < -0.4 is 10.6 Å². The third-order valence-electron chi connectivity index (χ3n) is 3.26. The number of hydrogen-bond donors (Lipinski definition) is 3. The Balaban J connectivity index is 2.91. The number of amides is 2. The van der Waals surface area contributed by atoms with Gasteiger partial charge in [-0.25, -0.2) is 0 Å². The minimum atomic E-state index is -1.04. The van der Waals surface area contributed by atoms with Crippen molar-refractivity contribution in [2.75, 3.05) is 12.4 Å². The smallest absolute Gasteiger partial charge is 0.307 e. The van der Waals surface area contributed by atoms with E-state index in [2.05, 4.69) is 10.6 Å². The first-order valence-corrected chi connectivity index (χ1v) is 6.71. The van der Waals surface area contributed by atoms with Gasteiger partial charge in [0.2, 0.25) is 5.91 Å². The third-order valence-corrected chi connectivity index (χ3v) is 3.59. The molecule has 0 radical (unpaired) electrons. The highest BCUT2D eigenvalue weighted by atomic mass is 35.5. The van der Waals surface area contributed by atoms with E-state index in [1.165, 1.54) is 33.0 Å². The highest BCUT2D eigenvalue weighted by Crippen LogP contribution is 2.22. The van der Waals surface area contributed by atoms with Gasteiger partial charge in [0, 0.05) is 18.7 Å². The van der Waals surface area contributed by atoms with Crippen LogP contribution in [0.4, 0.5) is 5.69 Å². The van der Waals surface area contributed by atoms with E-state index in [0.29, 0.717) is 5.69 Å². The van der Waals surface area contributed by atoms with Crippen LogP contribution in [-0.4, -0.2) is 29.9 Å². The molecule has 0 aliphatic rings. The van der Waals surface area contributed by atoms with Gasteiger partial charge in [0.1, 0.15) is 0 Å². The number of benzene rings is 1. The Morgan fingerprint density at radius 1 is 1.19 bits per heavy atom. The van der Waals surface area contributed by atoms with Crippen LogP contribution in [0.1, 0.15) is 24.2 Å². The van der Waals surface area contributed by atoms with E-state index < -0.39 is 23.7 Å². The van der Waals surface area contributed by atoms with E-state index in [-0.39, 0.29) is 16.5 Å². The molecule has 1 rings (SSSR count). The molecule has 6 nitrogen and oxygen atoms in total. The zero-order valence-electron chi connectivity index (χ0n) is 11.9. The molecule has 2 unspecified atom stereocenters. The zero-order chi connectivity index (χ0) is 16.2. The predicted molar refractivity (Wildman–Crippen MR) is 79.4 cm³/mol. The fourth-order valence-corrected chi connectivity index (χ4v) is 1.81. The molecule has 0 spiro atoms. The number of carbonyl (C=O) groups excluding carboxylic acids is 2. The molecule has 21 heavy (non-hydrogen) atoms. The summed E-state index contributed by atoms with van der Waals surface area (Å²) >= 11 is 5.91. The summed E-state index contributed by atoms with van der Waals surface area (Å²) in [6, 6.07) is 4.48. The monoisotopic (exact) mass is 312 g/mol. The molecule has 0 bridgehead atoms. The first kappa shape index (κ1) is 17.0. The maximum atomic E-state index is 12.0. The first-order chi connectivity index (χ1) is 9.77. The van der Waals surface area contributed by atoms with Gasteiger partial charge in [-0.15, -0.1) is 0 Å². The van der Waals surface area contributed by atoms with Crippen LogP contribution in [0.15, 0.2) is 18.2 Å². The minimum Gasteiger partial charge on any atom is -0.481 e. The number of hydrogen-bond acceptors (Lipinski definition) is 3. The van der Waals surface area contributed by atoms with Crippen molar-refractivity contribution in [1.29, 1.82) is 0 Å². The summed E-state index contributed by atoms with van der Waals surface area (Å²) in [5.41, 5.74) is 0.614. The molecule has 0 saturated carbocycles. The van der Waals surface area contributed by atoms with E-state index in [1.54, 1.807) is 6.07 Å². The first-order valence-electron chi connectivity index (χ1n) is 6.33. The molecule has 3 N–H and O–H groups in total. The molecule has 0 aliphatic carbocycles. The summed E-state index contributed by atoms with van der Waals surface area (Å²) < 4.78 is 0. The molecule has 0 aliphatic heterocycles. The molecule has 1 aromatic carbocycles. The van der Waals surface area contributed by atoms with Gasteiger partial charge in [0.25, 0.3) is 5.91 Å². The average molecular weight is 313 g/mol. The van der Waals surface area contributed by atoms with E-state index in [9.17, 15) is 14.4 Å². The van der Waals surface area contributed by atoms with Gasteiger partial charge in [-0.3, -0.25) is 14.4 Å². The number of nitrogens with one attached hydrogen (secondary N) is 2. The number of carboxylic acid groups (broad SMARTS) is 1. The minimum absolute atomic E-state index is 0.232. The second kappa shape index (κ2) is 7.08. The van der Waals surface area contributed by atoms with Crippen LogP contribution in [0.25, 0.3) is 0 Å². The number of rotatable bonds is 5. The molecular weight excluding hydrogens is 296 g/mol. The molecular formula is C14H17ClN2O4. The summed E-state index contributed by atoms with van der Waals surface area (Å²) in [7, 11) is 1.47. The highest BCUT2D eigenvalue weighted by Gasteiger charge is 2.26. The fraction of sp³-hybridized carbons (Fsp3) is 0.357. The topological polar surface area (TPSA) is 95.5 Å². The van der Waals surface area contributed by atoms with Crippen molar-refractivity contribution >= 4 is 35.1 Å². The third kappa shape index (κ3) is 4.19. The number of halogens is 1. The summed E-state index contributed by atoms with van der Waals surface area (Å²) in [4.78, 5) is 34.5. The second-order valence-electron chi connectivity index (χ2n) is 4.68. The Morgan fingerprint density at radius 3 is 2.33 bits per heavy atom. The summed E-state index contributed by atoms with van der Waals surface area (Å²) in [6.45, 7) is 2.99. The summed E-state index contributed by atoms with van der Waals surface area (Å²) in [5, 5.41) is 14.2. The van der Waals surface area contributed by atoms with Crippen LogP contribution >= 0.6 is 11.6 Å². The molecule has 0 aromatic heterocycles. The molecule has 0 saturated heterocycles. The molecule has 114 valence electrons. The lowest BCUT2D eigenvalue weighted by molar-refractivity contribution is -0.145. The Morgan fingerprint density at radius 2 is 1.81 bits per heavy atom. The van der Waals surface area contributed by atoms with Crippen LogP contribution in [0.2, 0.25) is 5.02 Å². The van der Waals surface area contributed by atoms with Crippen molar-refractivity contribution in [1.82, 2.24) is 5.32 Å². The highest BCUT2D eigenvalue weighted by molar-refractivity contribution is 6.34. The van der Waals surface area contributed by atoms with Gasteiger partial charge in [-0.05, 0) is 18.2 Å². The van der Waals surface area contributed by atoms with Gasteiger partial charge in [-0.2, -0.15) is 0 Å². The Kier molecular flexibility index (Phi) is 5.72. The Labute approximate surface area is 127 Å². The average Bonchev–Trinajstić information content (AvgIpc) is 2.46. The van der Waals surface area contributed by atoms with Crippen LogP contribution in [0, 0.1) is 11.8 Å². The lowest BCUT2D eigenvalue weighted by Crippen LogP contribution is -2.30. The number of carboxylic acids is 1. The van der Waals surface area contributed by atoms with Crippen molar-refractivity contribution in [3.05, 3.63) is 28.8 Å². The van der Waals surface area contributed by atoms with Gasteiger partial charge in [0.05, 0.1) is 16.5 Å². The van der Waals surface area contributed by atoms with Gasteiger partial charge < -0.3 is 15.7 Å². The van der Waals surface area contributed by atoms with E-state index in [0.717, 1.165) is 0 Å². The molecule has 0 fully saturated rings. The van der Waals surface area contributed by atoms with Crippen molar-refractivity contribution in [3.63, 3.8) is 0 Å². The molecule has 7 heteroatoms. The van der Waals surface area contributed by atoms with Crippen LogP contribution in [0.5, 0.6) is 0 Å². The van der Waals surface area contributed by atoms with Gasteiger partial charge >= 0.3 is 5.97 Å². The van der Waals surface area contributed by atoms with E-state index in [1.807, 2.05) is 0 Å². The van der Waals surface area contributed by atoms with Crippen molar-refractivity contribution in [2.24, 2.45) is 11.8 Å². The van der Waals surface area contributed by atoms with Crippen molar-refractivity contribution < 1.29 is 19.5 Å². The normalized spacial score (nSPS) is 13.1. The van der Waals surface area contributed by atoms with E-state index >= 15 is 0 Å². The SMILES string of the molecule is CNC(=O)c1cc(NC(=O)C(C)C(C)C(=O)O)ccc1Cl. The standard InChI is InChI=1S/C14H17ClN2O4/c1-7(8(2)14(20)21)12(18)17-9-4-5-11(15)10(6-9)13(19)16-3/h4-8H,1-3H3,(H,16,19)(H,17,18)(H,20,21). The van der Waals surface area contributed by atoms with Crippen LogP contribution in [0.3, 0.4) is 0 Å². The van der Waals surface area contributed by atoms with Crippen molar-refractivity contribution in [2.45, 2.75) is 13.8 Å². The number of carbonyl (C=O) groups is 3. The molecule has 2 atom stereocenters. The Bertz CT molecular complexity index is 574. The maximum Gasteiger partial charge on any atom is 0.307 e. The quantitative estimate of drug-likeness (QED) is 0.775. The molecule has 0 heterocycles. The Hall–Kier alpha value is -2.08. The van der Waals surface area contributed by atoms with Gasteiger partial charge in [-0.1, -0.05) is 25.4 Å². The fourth-order valence-electron chi connectivity index (χ4n) is 1.61. The summed E-state index contributed by atoms with van der Waals surface area (Å²) in [6.07, 6.45) is 0. The zero-order valence-corrected chi connectivity index (χ0v) is 12.7. The number of anilines is 1. The lowest BCUT2D eigenvalue weighted by Gasteiger charge is -2.16. The van der Waals surface area contributed by atoms with Crippen molar-refractivity contribution in [3.8, 4) is 0 Å². The predicted octanol–water partition coefficient (Wildman–Crippen LogP) is 1.99. The second-order valence-corrected chi connectivity index (χ2v) is 5.09. The van der Waals surface area contributed by atoms with E-state index in [4.69, 9.17) is 16.7 Å². The van der Waals surface area contributed by atoms with Crippen LogP contribution in [-0.2, 0) is 9.59 Å². The largest absolute Gasteiger partial charge is 0.481 e. The molecule has 1 aromatic rings.